The van der Waals surface area contributed by atoms with Crippen molar-refractivity contribution < 1.29 is 4.79 Å². The molecule has 1 heterocycles. The number of carbonyl (C=O) groups is 1. The molecule has 0 atom stereocenters. The van der Waals surface area contributed by atoms with Crippen LogP contribution in [0, 0.1) is 0 Å². The highest BCUT2D eigenvalue weighted by Crippen LogP contribution is 2.25. The Bertz CT molecular complexity index is 615. The molecule has 2 aromatic rings. The van der Waals surface area contributed by atoms with Crippen LogP contribution in [0.25, 0.3) is 0 Å². The molecule has 0 bridgehead atoms. The van der Waals surface area contributed by atoms with E-state index in [1.165, 1.54) is 11.8 Å². The molecule has 1 aromatic heterocycles. The minimum atomic E-state index is -0.101. The zero-order valence-corrected chi connectivity index (χ0v) is 13.1. The highest BCUT2D eigenvalue weighted by Gasteiger charge is 2.08. The van der Waals surface area contributed by atoms with Crippen molar-refractivity contribution in [3.05, 3.63) is 40.6 Å². The minimum Gasteiger partial charge on any atom is -0.329 e. The van der Waals surface area contributed by atoms with Crippen molar-refractivity contribution in [2.24, 2.45) is 7.05 Å². The molecule has 0 aliphatic heterocycles. The fraction of sp³-hybridized carbons (Fsp3) is 0.231. The van der Waals surface area contributed by atoms with E-state index in [0.29, 0.717) is 27.9 Å². The normalized spacial score (nSPS) is 10.6. The number of nitrogens with one attached hydrogen (secondary N) is 1. The quantitative estimate of drug-likeness (QED) is 0.847. The molecule has 0 aliphatic carbocycles. The Morgan fingerprint density at radius 3 is 2.95 bits per heavy atom. The van der Waals surface area contributed by atoms with Crippen LogP contribution in [0.15, 0.2) is 35.7 Å². The van der Waals surface area contributed by atoms with Gasteiger partial charge in [0.25, 0.3) is 0 Å². The van der Waals surface area contributed by atoms with Gasteiger partial charge in [0, 0.05) is 36.6 Å². The summed E-state index contributed by atoms with van der Waals surface area (Å²) >= 11 is 13.4. The average Bonchev–Trinajstić information content (AvgIpc) is 2.80. The molecule has 2 rings (SSSR count). The molecule has 0 saturated heterocycles. The summed E-state index contributed by atoms with van der Waals surface area (Å²) in [4.78, 5) is 16.0. The third-order valence-corrected chi connectivity index (χ3v) is 4.16. The molecule has 0 aliphatic rings. The first-order chi connectivity index (χ1) is 9.56. The van der Waals surface area contributed by atoms with Gasteiger partial charge in [0.2, 0.25) is 5.91 Å². The average molecular weight is 330 g/mol. The van der Waals surface area contributed by atoms with Crippen molar-refractivity contribution in [2.45, 2.75) is 11.6 Å². The minimum absolute atomic E-state index is 0.101. The Balaban J connectivity index is 1.84. The van der Waals surface area contributed by atoms with Gasteiger partial charge in [-0.25, -0.2) is 4.98 Å². The second-order valence-electron chi connectivity index (χ2n) is 4.09. The Morgan fingerprint density at radius 1 is 1.45 bits per heavy atom. The van der Waals surface area contributed by atoms with Crippen molar-refractivity contribution in [3.63, 3.8) is 0 Å². The topological polar surface area (TPSA) is 46.9 Å². The fourth-order valence-electron chi connectivity index (χ4n) is 1.53. The van der Waals surface area contributed by atoms with Crippen LogP contribution in [-0.2, 0) is 11.8 Å². The number of nitrogens with zero attached hydrogens (tertiary/aromatic N) is 2. The highest BCUT2D eigenvalue weighted by atomic mass is 35.5. The molecular weight excluding hydrogens is 317 g/mol. The van der Waals surface area contributed by atoms with Crippen molar-refractivity contribution >= 4 is 46.6 Å². The summed E-state index contributed by atoms with van der Waals surface area (Å²) < 4.78 is 1.91. The van der Waals surface area contributed by atoms with Crippen molar-refractivity contribution in [1.29, 1.82) is 0 Å². The summed E-state index contributed by atoms with van der Waals surface area (Å²) in [6, 6.07) is 4.96. The Labute approximate surface area is 131 Å². The predicted octanol–water partition coefficient (Wildman–Crippen LogP) is 3.85. The van der Waals surface area contributed by atoms with Gasteiger partial charge in [-0.1, -0.05) is 35.0 Å². The maximum absolute atomic E-state index is 11.8. The van der Waals surface area contributed by atoms with Crippen LogP contribution in [-0.4, -0.2) is 21.2 Å². The number of rotatable bonds is 5. The van der Waals surface area contributed by atoms with Crippen LogP contribution in [0.4, 0.5) is 5.69 Å². The van der Waals surface area contributed by atoms with E-state index in [-0.39, 0.29) is 5.91 Å². The number of amides is 1. The van der Waals surface area contributed by atoms with Gasteiger partial charge >= 0.3 is 0 Å². The van der Waals surface area contributed by atoms with Crippen LogP contribution in [0.3, 0.4) is 0 Å². The van der Waals surface area contributed by atoms with Gasteiger partial charge in [0.05, 0.1) is 10.7 Å². The van der Waals surface area contributed by atoms with Crippen LogP contribution >= 0.6 is 35.0 Å². The summed E-state index contributed by atoms with van der Waals surface area (Å²) in [5, 5.41) is 4.64. The van der Waals surface area contributed by atoms with Gasteiger partial charge in [0.1, 0.15) is 0 Å². The molecule has 1 N–H and O–H groups in total. The number of imidazole rings is 1. The zero-order valence-electron chi connectivity index (χ0n) is 10.8. The molecular formula is C13H13Cl2N3OS. The molecule has 0 fully saturated rings. The highest BCUT2D eigenvalue weighted by molar-refractivity contribution is 7.99. The Morgan fingerprint density at radius 2 is 2.25 bits per heavy atom. The lowest BCUT2D eigenvalue weighted by Gasteiger charge is -2.07. The number of hydrogen-bond donors (Lipinski definition) is 1. The molecule has 4 nitrogen and oxygen atoms in total. The molecule has 0 spiro atoms. The molecule has 7 heteroatoms. The molecule has 1 aromatic carbocycles. The van der Waals surface area contributed by atoms with E-state index in [0.717, 1.165) is 5.16 Å². The maximum atomic E-state index is 11.8. The molecule has 0 unspecified atom stereocenters. The first kappa shape index (κ1) is 15.2. The van der Waals surface area contributed by atoms with E-state index in [9.17, 15) is 4.79 Å². The standard InChI is InChI=1S/C13H13Cl2N3OS/c1-18-6-5-16-13(18)20-7-4-12(19)17-11-8-9(14)2-3-10(11)15/h2-3,5-6,8H,4,7H2,1H3,(H,17,19). The van der Waals surface area contributed by atoms with Gasteiger partial charge < -0.3 is 9.88 Å². The molecule has 0 radical (unpaired) electrons. The van der Waals surface area contributed by atoms with Crippen LogP contribution < -0.4 is 5.32 Å². The summed E-state index contributed by atoms with van der Waals surface area (Å²) in [6.45, 7) is 0. The van der Waals surface area contributed by atoms with E-state index < -0.39 is 0 Å². The summed E-state index contributed by atoms with van der Waals surface area (Å²) in [5.74, 6) is 0.547. The lowest BCUT2D eigenvalue weighted by atomic mass is 10.3. The van der Waals surface area contributed by atoms with E-state index in [1.54, 1.807) is 24.4 Å². The van der Waals surface area contributed by atoms with E-state index in [1.807, 2.05) is 17.8 Å². The molecule has 20 heavy (non-hydrogen) atoms. The molecule has 1 amide bonds. The number of aryl methyl sites for hydroxylation is 1. The number of anilines is 1. The van der Waals surface area contributed by atoms with Gasteiger partial charge in [-0.05, 0) is 18.2 Å². The molecule has 0 saturated carbocycles. The number of thioether (sulfide) groups is 1. The second-order valence-corrected chi connectivity index (χ2v) is 6.00. The number of halogens is 2. The molecule has 106 valence electrons. The van der Waals surface area contributed by atoms with Crippen molar-refractivity contribution in [2.75, 3.05) is 11.1 Å². The largest absolute Gasteiger partial charge is 0.329 e. The summed E-state index contributed by atoms with van der Waals surface area (Å²) in [5.41, 5.74) is 0.533. The number of carbonyl (C=O) groups excluding carboxylic acids is 1. The smallest absolute Gasteiger partial charge is 0.225 e. The monoisotopic (exact) mass is 329 g/mol. The maximum Gasteiger partial charge on any atom is 0.225 e. The predicted molar refractivity (Wildman–Crippen MR) is 83.6 cm³/mol. The van der Waals surface area contributed by atoms with Crippen LogP contribution in [0.2, 0.25) is 10.0 Å². The lowest BCUT2D eigenvalue weighted by Crippen LogP contribution is -2.12. The number of hydrogen-bond acceptors (Lipinski definition) is 3. The van der Waals surface area contributed by atoms with Gasteiger partial charge in [-0.2, -0.15) is 0 Å². The van der Waals surface area contributed by atoms with Gasteiger partial charge in [0.15, 0.2) is 5.16 Å². The van der Waals surface area contributed by atoms with Crippen LogP contribution in [0.5, 0.6) is 0 Å². The van der Waals surface area contributed by atoms with Crippen LogP contribution in [0.1, 0.15) is 6.42 Å². The third kappa shape index (κ3) is 4.16. The fourth-order valence-corrected chi connectivity index (χ4v) is 2.74. The van der Waals surface area contributed by atoms with Gasteiger partial charge in [-0.15, -0.1) is 0 Å². The van der Waals surface area contributed by atoms with Crippen molar-refractivity contribution in [1.82, 2.24) is 9.55 Å². The van der Waals surface area contributed by atoms with E-state index in [4.69, 9.17) is 23.2 Å². The van der Waals surface area contributed by atoms with E-state index in [2.05, 4.69) is 10.3 Å². The second kappa shape index (κ2) is 7.02. The number of benzene rings is 1. The van der Waals surface area contributed by atoms with E-state index >= 15 is 0 Å². The summed E-state index contributed by atoms with van der Waals surface area (Å²) in [6.07, 6.45) is 3.97. The SMILES string of the molecule is Cn1ccnc1SCCC(=O)Nc1cc(Cl)ccc1Cl. The van der Waals surface area contributed by atoms with Crippen molar-refractivity contribution in [3.8, 4) is 0 Å². The first-order valence-corrected chi connectivity index (χ1v) is 7.65. The summed E-state index contributed by atoms with van der Waals surface area (Å²) in [7, 11) is 1.92. The lowest BCUT2D eigenvalue weighted by molar-refractivity contribution is -0.115. The third-order valence-electron chi connectivity index (χ3n) is 2.54. The van der Waals surface area contributed by atoms with Gasteiger partial charge in [-0.3, -0.25) is 4.79 Å². The first-order valence-electron chi connectivity index (χ1n) is 5.91. The zero-order chi connectivity index (χ0) is 14.5. The number of aromatic nitrogens is 2. The Kier molecular flexibility index (Phi) is 5.34. The Hall–Kier alpha value is -1.17.